The van der Waals surface area contributed by atoms with Gasteiger partial charge >= 0.3 is 0 Å². The minimum atomic E-state index is -1.14. The van der Waals surface area contributed by atoms with Gasteiger partial charge in [-0.2, -0.15) is 13.8 Å². The third-order valence-electron chi connectivity index (χ3n) is 4.63. The molecule has 0 radical (unpaired) electrons. The molecule has 0 amide bonds. The molecule has 0 spiro atoms. The Labute approximate surface area is 162 Å². The number of thioether (sulfide) groups is 1. The number of hydrogen-bond acceptors (Lipinski definition) is 4. The number of pyridine rings is 1. The molecule has 138 valence electrons. The van der Waals surface area contributed by atoms with E-state index in [0.29, 0.717) is 27.1 Å². The van der Waals surface area contributed by atoms with Crippen molar-refractivity contribution in [2.45, 2.75) is 15.8 Å². The van der Waals surface area contributed by atoms with E-state index in [1.54, 1.807) is 18.2 Å². The lowest BCUT2D eigenvalue weighted by Gasteiger charge is -2.30. The highest BCUT2D eigenvalue weighted by atomic mass is 35.5. The van der Waals surface area contributed by atoms with Gasteiger partial charge in [-0.05, 0) is 34.4 Å². The van der Waals surface area contributed by atoms with Crippen LogP contribution in [0.5, 0.6) is 0 Å². The van der Waals surface area contributed by atoms with E-state index in [-0.39, 0.29) is 5.02 Å². The second-order valence-corrected chi connectivity index (χ2v) is 7.78. The second-order valence-electron chi connectivity index (χ2n) is 6.22. The van der Waals surface area contributed by atoms with Gasteiger partial charge in [0, 0.05) is 17.0 Å². The average molecular weight is 408 g/mol. The van der Waals surface area contributed by atoms with Gasteiger partial charge in [0.15, 0.2) is 0 Å². The predicted octanol–water partition coefficient (Wildman–Crippen LogP) is 4.41. The minimum absolute atomic E-state index is 0.0580. The molecule has 0 saturated heterocycles. The van der Waals surface area contributed by atoms with Crippen LogP contribution in [-0.2, 0) is 5.54 Å². The molecule has 0 aliphatic carbocycles. The molecule has 3 aromatic rings. The quantitative estimate of drug-likeness (QED) is 0.617. The number of hydrogen-bond donors (Lipinski definition) is 2. The van der Waals surface area contributed by atoms with E-state index >= 15 is 0 Å². The summed E-state index contributed by atoms with van der Waals surface area (Å²) in [6.07, 6.45) is 0. The summed E-state index contributed by atoms with van der Waals surface area (Å²) in [6, 6.07) is 11.8. The zero-order valence-electron chi connectivity index (χ0n) is 13.7. The number of halogens is 4. The zero-order chi connectivity index (χ0) is 19.3. The first-order chi connectivity index (χ1) is 12.8. The van der Waals surface area contributed by atoms with Gasteiger partial charge in [0.2, 0.25) is 11.9 Å². The summed E-state index contributed by atoms with van der Waals surface area (Å²) < 4.78 is 40.7. The van der Waals surface area contributed by atoms with Gasteiger partial charge in [0.1, 0.15) is 5.82 Å². The van der Waals surface area contributed by atoms with Crippen molar-refractivity contribution in [1.29, 1.82) is 0 Å². The summed E-state index contributed by atoms with van der Waals surface area (Å²) in [5, 5.41) is -0.663. The van der Waals surface area contributed by atoms with Crippen LogP contribution in [0.1, 0.15) is 11.1 Å². The topological polar surface area (TPSA) is 64.9 Å². The Morgan fingerprint density at radius 3 is 2.41 bits per heavy atom. The predicted molar refractivity (Wildman–Crippen MR) is 99.8 cm³/mol. The third kappa shape index (κ3) is 2.91. The van der Waals surface area contributed by atoms with Crippen LogP contribution in [0.15, 0.2) is 53.4 Å². The molecule has 0 fully saturated rings. The molecule has 2 atom stereocenters. The van der Waals surface area contributed by atoms with Crippen LogP contribution in [0.2, 0.25) is 5.02 Å². The first-order valence-corrected chi connectivity index (χ1v) is 9.20. The lowest BCUT2D eigenvalue weighted by atomic mass is 9.82. The fourth-order valence-electron chi connectivity index (χ4n) is 3.28. The molecule has 4 rings (SSSR count). The highest BCUT2D eigenvalue weighted by molar-refractivity contribution is 8.00. The number of benzene rings is 2. The van der Waals surface area contributed by atoms with Crippen LogP contribution in [0, 0.1) is 17.7 Å². The smallest absolute Gasteiger partial charge is 0.216 e. The largest absolute Gasteiger partial charge is 0.317 e. The van der Waals surface area contributed by atoms with Crippen molar-refractivity contribution in [3.05, 3.63) is 82.4 Å². The number of nitrogens with zero attached hydrogens (tertiary/aromatic N) is 1. The summed E-state index contributed by atoms with van der Waals surface area (Å²) in [6.45, 7) is 0. The summed E-state index contributed by atoms with van der Waals surface area (Å²) in [5.41, 5.74) is 14.0. The van der Waals surface area contributed by atoms with Gasteiger partial charge in [-0.15, -0.1) is 11.8 Å². The molecule has 8 heteroatoms. The summed E-state index contributed by atoms with van der Waals surface area (Å²) in [7, 11) is 0. The molecular weight excluding hydrogens is 395 g/mol. The maximum absolute atomic E-state index is 13.6. The van der Waals surface area contributed by atoms with Crippen LogP contribution in [0.4, 0.5) is 13.2 Å². The Morgan fingerprint density at radius 2 is 1.74 bits per heavy atom. The molecule has 2 unspecified atom stereocenters. The van der Waals surface area contributed by atoms with E-state index in [9.17, 15) is 13.2 Å². The molecule has 3 nitrogen and oxygen atoms in total. The molecule has 4 N–H and O–H groups in total. The van der Waals surface area contributed by atoms with Gasteiger partial charge in [-0.1, -0.05) is 35.9 Å². The van der Waals surface area contributed by atoms with Gasteiger partial charge in [0.05, 0.1) is 15.9 Å². The van der Waals surface area contributed by atoms with Crippen molar-refractivity contribution in [3.8, 4) is 11.1 Å². The second kappa shape index (κ2) is 6.53. The zero-order valence-corrected chi connectivity index (χ0v) is 15.3. The highest BCUT2D eigenvalue weighted by Crippen LogP contribution is 2.51. The van der Waals surface area contributed by atoms with E-state index in [0.717, 1.165) is 12.1 Å². The van der Waals surface area contributed by atoms with Crippen LogP contribution in [0.3, 0.4) is 0 Å². The lowest BCUT2D eigenvalue weighted by molar-refractivity contribution is 0.513. The van der Waals surface area contributed by atoms with Crippen LogP contribution in [0.25, 0.3) is 11.1 Å². The monoisotopic (exact) mass is 407 g/mol. The van der Waals surface area contributed by atoms with Crippen molar-refractivity contribution in [2.75, 3.05) is 0 Å². The Balaban J connectivity index is 1.91. The van der Waals surface area contributed by atoms with E-state index in [4.69, 9.17) is 23.1 Å². The molecule has 1 aromatic heterocycles. The first kappa shape index (κ1) is 18.3. The minimum Gasteiger partial charge on any atom is -0.317 e. The van der Waals surface area contributed by atoms with E-state index < -0.39 is 28.6 Å². The molecule has 1 aliphatic rings. The van der Waals surface area contributed by atoms with Crippen molar-refractivity contribution in [2.24, 2.45) is 11.5 Å². The fraction of sp³-hybridized carbons (Fsp3) is 0.105. The lowest BCUT2D eigenvalue weighted by Crippen LogP contribution is -2.48. The Morgan fingerprint density at radius 1 is 1.04 bits per heavy atom. The third-order valence-corrected chi connectivity index (χ3v) is 6.22. The number of rotatable bonds is 2. The Kier molecular flexibility index (Phi) is 4.43. The van der Waals surface area contributed by atoms with E-state index in [1.165, 1.54) is 30.0 Å². The molecular formula is C19H13ClF3N3S. The summed E-state index contributed by atoms with van der Waals surface area (Å²) >= 11 is 7.21. The van der Waals surface area contributed by atoms with E-state index in [2.05, 4.69) is 4.98 Å². The van der Waals surface area contributed by atoms with Gasteiger partial charge in [0.25, 0.3) is 0 Å². The number of fused-ring (bicyclic) bond motifs is 1. The van der Waals surface area contributed by atoms with Gasteiger partial charge < -0.3 is 11.5 Å². The summed E-state index contributed by atoms with van der Waals surface area (Å²) in [4.78, 5) is 3.83. The molecule has 2 heterocycles. The molecule has 0 bridgehead atoms. The maximum Gasteiger partial charge on any atom is 0.216 e. The molecule has 0 saturated carbocycles. The van der Waals surface area contributed by atoms with Gasteiger partial charge in [-0.25, -0.2) is 4.39 Å². The van der Waals surface area contributed by atoms with Crippen molar-refractivity contribution in [1.82, 2.24) is 4.98 Å². The normalized spacial score (nSPS) is 21.3. The molecule has 1 aliphatic heterocycles. The number of nitrogens with two attached hydrogens (primary N) is 2. The Bertz CT molecular complexity index is 1040. The first-order valence-electron chi connectivity index (χ1n) is 7.94. The van der Waals surface area contributed by atoms with Crippen molar-refractivity contribution < 1.29 is 13.2 Å². The standard InChI is InChI=1S/C19H13ClF3N3S/c20-13-8-10(4-5-14(13)21)19(25)12-3-1-2-11(17(12)27-18(19)24)9-6-15(22)26-16(23)7-9/h1-8,18H,24-25H2. The van der Waals surface area contributed by atoms with Crippen LogP contribution >= 0.6 is 23.4 Å². The average Bonchev–Trinajstić information content (AvgIpc) is 2.88. The maximum atomic E-state index is 13.6. The fourth-order valence-corrected chi connectivity index (χ4v) is 4.84. The molecule has 2 aromatic carbocycles. The van der Waals surface area contributed by atoms with Crippen LogP contribution < -0.4 is 11.5 Å². The Hall–Kier alpha value is -2.06. The SMILES string of the molecule is NC1Sc2c(-c3cc(F)nc(F)c3)cccc2C1(N)c1ccc(F)c(Cl)c1. The van der Waals surface area contributed by atoms with Crippen molar-refractivity contribution >= 4 is 23.4 Å². The highest BCUT2D eigenvalue weighted by Gasteiger charge is 2.45. The van der Waals surface area contributed by atoms with Crippen LogP contribution in [-0.4, -0.2) is 10.4 Å². The van der Waals surface area contributed by atoms with E-state index in [1.807, 2.05) is 0 Å². The number of aromatic nitrogens is 1. The van der Waals surface area contributed by atoms with Gasteiger partial charge in [-0.3, -0.25) is 0 Å². The van der Waals surface area contributed by atoms with Crippen molar-refractivity contribution in [3.63, 3.8) is 0 Å². The summed E-state index contributed by atoms with van der Waals surface area (Å²) in [5.74, 6) is -2.39. The molecule has 27 heavy (non-hydrogen) atoms.